The van der Waals surface area contributed by atoms with Gasteiger partial charge in [-0.3, -0.25) is 14.7 Å². The van der Waals surface area contributed by atoms with E-state index in [1.54, 1.807) is 7.05 Å². The van der Waals surface area contributed by atoms with Crippen LogP contribution in [0.5, 0.6) is 0 Å². The van der Waals surface area contributed by atoms with Crippen LogP contribution in [0.15, 0.2) is 29.3 Å². The highest BCUT2D eigenvalue weighted by molar-refractivity contribution is 14.0. The van der Waals surface area contributed by atoms with E-state index in [0.29, 0.717) is 25.5 Å². The number of rotatable bonds is 10. The molecule has 1 aromatic rings. The van der Waals surface area contributed by atoms with E-state index in [1.807, 2.05) is 32.0 Å². The Morgan fingerprint density at radius 1 is 1.18 bits per heavy atom. The Labute approximate surface area is 191 Å². The van der Waals surface area contributed by atoms with Crippen LogP contribution < -0.4 is 16.0 Å². The van der Waals surface area contributed by atoms with Crippen molar-refractivity contribution >= 4 is 47.4 Å². The van der Waals surface area contributed by atoms with Crippen LogP contribution in [0, 0.1) is 0 Å². The second kappa shape index (κ2) is 14.9. The van der Waals surface area contributed by atoms with Gasteiger partial charge in [0.25, 0.3) is 0 Å². The second-order valence-corrected chi connectivity index (χ2v) is 7.02. The molecule has 0 saturated heterocycles. The van der Waals surface area contributed by atoms with Crippen LogP contribution in [-0.4, -0.2) is 56.0 Å². The average Bonchev–Trinajstić information content (AvgIpc) is 2.63. The van der Waals surface area contributed by atoms with Crippen LogP contribution in [0.2, 0.25) is 5.02 Å². The number of benzene rings is 1. The van der Waals surface area contributed by atoms with Gasteiger partial charge in [-0.1, -0.05) is 43.6 Å². The van der Waals surface area contributed by atoms with E-state index in [9.17, 15) is 4.79 Å². The normalized spacial score (nSPS) is 12.5. The van der Waals surface area contributed by atoms with Crippen molar-refractivity contribution in [2.75, 3.05) is 33.2 Å². The van der Waals surface area contributed by atoms with Crippen LogP contribution in [0.3, 0.4) is 0 Å². The Bertz CT molecular complexity index is 608. The molecule has 0 radical (unpaired) electrons. The summed E-state index contributed by atoms with van der Waals surface area (Å²) in [5.74, 6) is 0.710. The summed E-state index contributed by atoms with van der Waals surface area (Å²) in [7, 11) is 1.73. The van der Waals surface area contributed by atoms with Gasteiger partial charge in [-0.05, 0) is 38.6 Å². The minimum absolute atomic E-state index is 0. The highest BCUT2D eigenvalue weighted by Gasteiger charge is 2.20. The van der Waals surface area contributed by atoms with E-state index in [0.717, 1.165) is 23.7 Å². The number of guanidine groups is 1. The largest absolute Gasteiger partial charge is 0.356 e. The third-order valence-corrected chi connectivity index (χ3v) is 4.64. The van der Waals surface area contributed by atoms with E-state index in [2.05, 4.69) is 45.8 Å². The topological polar surface area (TPSA) is 68.8 Å². The molecule has 8 heteroatoms. The predicted molar refractivity (Wildman–Crippen MR) is 130 cm³/mol. The highest BCUT2D eigenvalue weighted by atomic mass is 127. The fourth-order valence-corrected chi connectivity index (χ4v) is 3.21. The Morgan fingerprint density at radius 3 is 2.36 bits per heavy atom. The van der Waals surface area contributed by atoms with Gasteiger partial charge in [-0.25, -0.2) is 0 Å². The summed E-state index contributed by atoms with van der Waals surface area (Å²) in [4.78, 5) is 18.4. The molecule has 0 spiro atoms. The van der Waals surface area contributed by atoms with Crippen LogP contribution in [0.25, 0.3) is 0 Å². The molecule has 1 rings (SSSR count). The van der Waals surface area contributed by atoms with E-state index in [1.165, 1.54) is 0 Å². The summed E-state index contributed by atoms with van der Waals surface area (Å²) < 4.78 is 0. The molecule has 1 unspecified atom stereocenters. The monoisotopic (exact) mass is 523 g/mol. The molecule has 0 aliphatic heterocycles. The van der Waals surface area contributed by atoms with Gasteiger partial charge >= 0.3 is 0 Å². The average molecular weight is 524 g/mol. The first-order valence-electron chi connectivity index (χ1n) is 9.65. The molecular formula is C20H35ClIN5O. The minimum Gasteiger partial charge on any atom is -0.356 e. The predicted octanol–water partition coefficient (Wildman–Crippen LogP) is 3.42. The van der Waals surface area contributed by atoms with Gasteiger partial charge in [-0.15, -0.1) is 24.0 Å². The van der Waals surface area contributed by atoms with Crippen molar-refractivity contribution in [3.05, 3.63) is 34.9 Å². The molecule has 0 fully saturated rings. The first kappa shape index (κ1) is 26.9. The zero-order valence-electron chi connectivity index (χ0n) is 17.6. The molecule has 0 aliphatic carbocycles. The summed E-state index contributed by atoms with van der Waals surface area (Å²) in [6.07, 6.45) is 0.406. The van der Waals surface area contributed by atoms with Crippen LogP contribution in [0.1, 0.15) is 45.7 Å². The lowest BCUT2D eigenvalue weighted by Crippen LogP contribution is -2.44. The van der Waals surface area contributed by atoms with Crippen molar-refractivity contribution in [2.24, 2.45) is 4.99 Å². The van der Waals surface area contributed by atoms with Crippen molar-refractivity contribution in [1.29, 1.82) is 0 Å². The van der Waals surface area contributed by atoms with E-state index >= 15 is 0 Å². The molecule has 1 aromatic carbocycles. The van der Waals surface area contributed by atoms with Crippen molar-refractivity contribution in [1.82, 2.24) is 20.9 Å². The minimum atomic E-state index is 0. The molecule has 1 amide bonds. The molecule has 6 nitrogen and oxygen atoms in total. The summed E-state index contributed by atoms with van der Waals surface area (Å²) in [5, 5.41) is 10.2. The molecule has 3 N–H and O–H groups in total. The quantitative estimate of drug-likeness (QED) is 0.250. The fraction of sp³-hybridized carbons (Fsp3) is 0.600. The van der Waals surface area contributed by atoms with Gasteiger partial charge < -0.3 is 16.0 Å². The molecule has 0 aliphatic rings. The number of halogens is 2. The fourth-order valence-electron chi connectivity index (χ4n) is 2.95. The van der Waals surface area contributed by atoms with Crippen LogP contribution >= 0.6 is 35.6 Å². The highest BCUT2D eigenvalue weighted by Crippen LogP contribution is 2.26. The molecule has 0 aromatic heterocycles. The molecular weight excluding hydrogens is 489 g/mol. The maximum Gasteiger partial charge on any atom is 0.221 e. The van der Waals surface area contributed by atoms with E-state index < -0.39 is 0 Å². The number of likely N-dealkylation sites (N-methyl/N-ethyl adjacent to an activating group) is 1. The van der Waals surface area contributed by atoms with Gasteiger partial charge in [0, 0.05) is 37.6 Å². The lowest BCUT2D eigenvalue weighted by molar-refractivity contribution is -0.121. The summed E-state index contributed by atoms with van der Waals surface area (Å²) in [6.45, 7) is 11.2. The summed E-state index contributed by atoms with van der Waals surface area (Å²) >= 11 is 6.44. The van der Waals surface area contributed by atoms with Gasteiger partial charge in [0.15, 0.2) is 5.96 Å². The van der Waals surface area contributed by atoms with Crippen molar-refractivity contribution in [3.8, 4) is 0 Å². The molecule has 0 heterocycles. The lowest BCUT2D eigenvalue weighted by atomic mass is 10.0. The van der Waals surface area contributed by atoms with Gasteiger partial charge in [0.2, 0.25) is 5.91 Å². The number of hydrogen-bond acceptors (Lipinski definition) is 3. The molecule has 28 heavy (non-hydrogen) atoms. The van der Waals surface area contributed by atoms with Gasteiger partial charge in [0.1, 0.15) is 0 Å². The number of nitrogens with one attached hydrogen (secondary N) is 3. The zero-order chi connectivity index (χ0) is 20.2. The third kappa shape index (κ3) is 9.43. The smallest absolute Gasteiger partial charge is 0.221 e. The lowest BCUT2D eigenvalue weighted by Gasteiger charge is -2.31. The maximum absolute atomic E-state index is 11.7. The maximum atomic E-state index is 11.7. The zero-order valence-corrected chi connectivity index (χ0v) is 20.7. The van der Waals surface area contributed by atoms with Gasteiger partial charge in [-0.2, -0.15) is 0 Å². The van der Waals surface area contributed by atoms with Crippen LogP contribution in [-0.2, 0) is 4.79 Å². The number of nitrogens with zero attached hydrogens (tertiary/aromatic N) is 2. The Morgan fingerprint density at radius 2 is 1.82 bits per heavy atom. The Kier molecular flexibility index (Phi) is 14.3. The van der Waals surface area contributed by atoms with Crippen LogP contribution in [0.4, 0.5) is 0 Å². The SMILES string of the molecule is CCN(CC)C(CNC(=NC)NCCC(=O)NC(C)C)c1ccccc1Cl.I. The van der Waals surface area contributed by atoms with Gasteiger partial charge in [0.05, 0.1) is 6.04 Å². The molecule has 0 saturated carbocycles. The molecule has 0 bridgehead atoms. The standard InChI is InChI=1S/C20H34ClN5O.HI/c1-6-26(7-2)18(16-10-8-9-11-17(16)21)14-24-20(22-5)23-13-12-19(27)25-15(3)4;/h8-11,15,18H,6-7,12-14H2,1-5H3,(H,25,27)(H2,22,23,24);1H. The van der Waals surface area contributed by atoms with Crippen molar-refractivity contribution < 1.29 is 4.79 Å². The number of hydrogen-bond donors (Lipinski definition) is 3. The second-order valence-electron chi connectivity index (χ2n) is 6.61. The summed E-state index contributed by atoms with van der Waals surface area (Å²) in [5.41, 5.74) is 1.10. The Balaban J connectivity index is 0.00000729. The Hall–Kier alpha value is -1.06. The number of carbonyl (C=O) groups is 1. The first-order chi connectivity index (χ1) is 12.9. The third-order valence-electron chi connectivity index (χ3n) is 4.30. The first-order valence-corrected chi connectivity index (χ1v) is 10.0. The number of amides is 1. The number of carbonyl (C=O) groups excluding carboxylic acids is 1. The number of aliphatic imine (C=N–C) groups is 1. The van der Waals surface area contributed by atoms with E-state index in [4.69, 9.17) is 11.6 Å². The van der Waals surface area contributed by atoms with E-state index in [-0.39, 0.29) is 42.0 Å². The van der Waals surface area contributed by atoms with Crippen molar-refractivity contribution in [2.45, 2.75) is 46.2 Å². The molecule has 1 atom stereocenters. The summed E-state index contributed by atoms with van der Waals surface area (Å²) in [6, 6.07) is 8.24. The van der Waals surface area contributed by atoms with Crippen molar-refractivity contribution in [3.63, 3.8) is 0 Å². The molecule has 160 valence electrons.